The first-order valence-corrected chi connectivity index (χ1v) is 11.0. The second-order valence-corrected chi connectivity index (χ2v) is 9.07. The van der Waals surface area contributed by atoms with E-state index in [0.29, 0.717) is 4.90 Å². The van der Waals surface area contributed by atoms with Crippen LogP contribution >= 0.6 is 11.3 Å². The zero-order chi connectivity index (χ0) is 19.0. The highest BCUT2D eigenvalue weighted by Gasteiger charge is 2.13. The monoisotopic (exact) mass is 395 g/mol. The Morgan fingerprint density at radius 3 is 2.48 bits per heavy atom. The summed E-state index contributed by atoms with van der Waals surface area (Å²) in [6.45, 7) is 0. The summed E-state index contributed by atoms with van der Waals surface area (Å²) >= 11 is 1.63. The zero-order valence-electron chi connectivity index (χ0n) is 14.8. The van der Waals surface area contributed by atoms with Crippen LogP contribution in [0.3, 0.4) is 0 Å². The van der Waals surface area contributed by atoms with Crippen molar-refractivity contribution in [3.63, 3.8) is 0 Å². The molecule has 4 aromatic rings. The number of sulfone groups is 1. The van der Waals surface area contributed by atoms with Gasteiger partial charge in [0.25, 0.3) is 0 Å². The van der Waals surface area contributed by atoms with E-state index in [1.807, 2.05) is 46.5 Å². The van der Waals surface area contributed by atoms with E-state index >= 15 is 0 Å². The molecule has 7 heteroatoms. The van der Waals surface area contributed by atoms with Gasteiger partial charge in [-0.3, -0.25) is 4.99 Å². The lowest BCUT2D eigenvalue weighted by Crippen LogP contribution is -2.05. The van der Waals surface area contributed by atoms with Crippen molar-refractivity contribution in [3.05, 3.63) is 76.7 Å². The van der Waals surface area contributed by atoms with Crippen LogP contribution in [0.25, 0.3) is 16.7 Å². The van der Waals surface area contributed by atoms with Gasteiger partial charge in [-0.15, -0.1) is 11.3 Å². The number of fused-ring (bicyclic) bond motifs is 1. The summed E-state index contributed by atoms with van der Waals surface area (Å²) in [5, 5.41) is 3.03. The molecule has 0 fully saturated rings. The predicted octanol–water partition coefficient (Wildman–Crippen LogP) is 3.96. The summed E-state index contributed by atoms with van der Waals surface area (Å²) in [5.41, 5.74) is 3.32. The minimum Gasteiger partial charge on any atom is -0.301 e. The molecule has 0 aliphatic heterocycles. The number of aromatic nitrogens is 2. The van der Waals surface area contributed by atoms with Crippen LogP contribution < -0.4 is 0 Å². The van der Waals surface area contributed by atoms with E-state index in [4.69, 9.17) is 4.98 Å². The van der Waals surface area contributed by atoms with Crippen molar-refractivity contribution >= 4 is 37.9 Å². The number of rotatable bonds is 4. The van der Waals surface area contributed by atoms with Crippen molar-refractivity contribution in [2.45, 2.75) is 4.90 Å². The van der Waals surface area contributed by atoms with Crippen LogP contribution in [0.15, 0.2) is 76.1 Å². The zero-order valence-corrected chi connectivity index (χ0v) is 16.5. The molecular formula is C20H17N3O2S2. The number of hydrogen-bond acceptors (Lipinski definition) is 5. The molecule has 0 atom stereocenters. The topological polar surface area (TPSA) is 64.3 Å². The van der Waals surface area contributed by atoms with Gasteiger partial charge in [-0.1, -0.05) is 6.07 Å². The van der Waals surface area contributed by atoms with Gasteiger partial charge in [0.05, 0.1) is 21.2 Å². The maximum Gasteiger partial charge on any atom is 0.175 e. The third kappa shape index (κ3) is 3.31. The van der Waals surface area contributed by atoms with Crippen LogP contribution in [0.4, 0.5) is 0 Å². The van der Waals surface area contributed by atoms with Crippen molar-refractivity contribution in [2.24, 2.45) is 4.99 Å². The summed E-state index contributed by atoms with van der Waals surface area (Å²) in [4.78, 5) is 10.6. The summed E-state index contributed by atoms with van der Waals surface area (Å²) in [7, 11) is -1.45. The fourth-order valence-electron chi connectivity index (χ4n) is 2.97. The number of nitrogens with zero attached hydrogens (tertiary/aromatic N) is 3. The average Bonchev–Trinajstić information content (AvgIpc) is 3.31. The lowest BCUT2D eigenvalue weighted by molar-refractivity contribution is 0.602. The van der Waals surface area contributed by atoms with Gasteiger partial charge in [0.1, 0.15) is 5.65 Å². The van der Waals surface area contributed by atoms with Crippen molar-refractivity contribution < 1.29 is 8.42 Å². The molecule has 0 spiro atoms. The molecule has 5 nitrogen and oxygen atoms in total. The van der Waals surface area contributed by atoms with Gasteiger partial charge in [0.2, 0.25) is 0 Å². The summed E-state index contributed by atoms with van der Waals surface area (Å²) < 4.78 is 25.3. The molecule has 1 aromatic carbocycles. The fourth-order valence-corrected chi connectivity index (χ4v) is 4.36. The Kier molecular flexibility index (Phi) is 4.41. The summed E-state index contributed by atoms with van der Waals surface area (Å²) in [5.74, 6) is 0. The van der Waals surface area contributed by atoms with Crippen molar-refractivity contribution in [1.82, 2.24) is 9.55 Å². The first kappa shape index (κ1) is 17.6. The van der Waals surface area contributed by atoms with Crippen LogP contribution in [0.2, 0.25) is 0 Å². The fraction of sp³-hybridized carbons (Fsp3) is 0.100. The lowest BCUT2D eigenvalue weighted by atomic mass is 10.2. The maximum absolute atomic E-state index is 11.7. The molecular weight excluding hydrogens is 378 g/mol. The van der Waals surface area contributed by atoms with Crippen LogP contribution in [0.5, 0.6) is 0 Å². The Morgan fingerprint density at radius 2 is 1.85 bits per heavy atom. The van der Waals surface area contributed by atoms with E-state index in [1.54, 1.807) is 42.6 Å². The van der Waals surface area contributed by atoms with Gasteiger partial charge in [0, 0.05) is 30.6 Å². The van der Waals surface area contributed by atoms with Gasteiger partial charge < -0.3 is 4.57 Å². The lowest BCUT2D eigenvalue weighted by Gasteiger charge is -2.08. The van der Waals surface area contributed by atoms with Gasteiger partial charge >= 0.3 is 0 Å². The van der Waals surface area contributed by atoms with E-state index in [2.05, 4.69) is 4.99 Å². The number of thiophene rings is 1. The Bertz CT molecular complexity index is 1240. The summed E-state index contributed by atoms with van der Waals surface area (Å²) in [6, 6.07) is 16.8. The number of hydrogen-bond donors (Lipinski definition) is 0. The van der Waals surface area contributed by atoms with Crippen LogP contribution in [-0.2, 0) is 9.84 Å². The highest BCUT2D eigenvalue weighted by Crippen LogP contribution is 2.22. The standard InChI is InChI=1S/C20H17N3O2S2/c1-21-19(18-4-3-13-26-18)17-10-5-14-11-12-23(20(14)22-17)15-6-8-16(9-7-15)27(2,24)25/h3-13H,1-2H3. The molecule has 0 radical (unpaired) electrons. The van der Waals surface area contributed by atoms with Crippen molar-refractivity contribution in [3.8, 4) is 5.69 Å². The molecule has 0 unspecified atom stereocenters. The molecule has 27 heavy (non-hydrogen) atoms. The first-order chi connectivity index (χ1) is 13.0. The molecule has 136 valence electrons. The Morgan fingerprint density at radius 1 is 1.07 bits per heavy atom. The molecule has 4 rings (SSSR count). The molecule has 0 N–H and O–H groups in total. The van der Waals surface area contributed by atoms with Crippen molar-refractivity contribution in [2.75, 3.05) is 13.3 Å². The van der Waals surface area contributed by atoms with Gasteiger partial charge in [-0.05, 0) is 53.9 Å². The summed E-state index contributed by atoms with van der Waals surface area (Å²) in [6.07, 6.45) is 3.14. The Labute approximate surface area is 161 Å². The highest BCUT2D eigenvalue weighted by atomic mass is 32.2. The second kappa shape index (κ2) is 6.75. The van der Waals surface area contributed by atoms with Gasteiger partial charge in [-0.25, -0.2) is 13.4 Å². The molecule has 0 bridgehead atoms. The van der Waals surface area contributed by atoms with Gasteiger partial charge in [-0.2, -0.15) is 0 Å². The van der Waals surface area contributed by atoms with Crippen LogP contribution in [0, 0.1) is 0 Å². The molecule has 0 saturated carbocycles. The largest absolute Gasteiger partial charge is 0.301 e. The number of pyridine rings is 1. The third-order valence-electron chi connectivity index (χ3n) is 4.30. The normalized spacial score (nSPS) is 12.6. The molecule has 3 heterocycles. The highest BCUT2D eigenvalue weighted by molar-refractivity contribution is 7.90. The molecule has 0 aliphatic carbocycles. The van der Waals surface area contributed by atoms with E-state index in [0.717, 1.165) is 33.0 Å². The smallest absolute Gasteiger partial charge is 0.175 e. The molecule has 0 amide bonds. The van der Waals surface area contributed by atoms with Crippen LogP contribution in [-0.4, -0.2) is 37.0 Å². The predicted molar refractivity (Wildman–Crippen MR) is 110 cm³/mol. The minimum atomic E-state index is -3.22. The minimum absolute atomic E-state index is 0.300. The van der Waals surface area contributed by atoms with E-state index in [1.165, 1.54) is 6.26 Å². The quantitative estimate of drug-likeness (QED) is 0.491. The van der Waals surface area contributed by atoms with Gasteiger partial charge in [0.15, 0.2) is 9.84 Å². The SMILES string of the molecule is CN=C(c1ccc2ccn(-c3ccc(S(C)(=O)=O)cc3)c2n1)c1cccs1. The second-order valence-electron chi connectivity index (χ2n) is 6.11. The first-order valence-electron chi connectivity index (χ1n) is 8.27. The number of aliphatic imine (C=N–C) groups is 1. The molecule has 0 aliphatic rings. The molecule has 0 saturated heterocycles. The van der Waals surface area contributed by atoms with E-state index < -0.39 is 9.84 Å². The van der Waals surface area contributed by atoms with Crippen molar-refractivity contribution in [1.29, 1.82) is 0 Å². The van der Waals surface area contributed by atoms with E-state index in [-0.39, 0.29) is 0 Å². The van der Waals surface area contributed by atoms with E-state index in [9.17, 15) is 8.42 Å². The Hall–Kier alpha value is -2.77. The number of benzene rings is 1. The molecule has 3 aromatic heterocycles. The van der Waals surface area contributed by atoms with Crippen LogP contribution in [0.1, 0.15) is 10.6 Å². The Balaban J connectivity index is 1.81. The maximum atomic E-state index is 11.7. The average molecular weight is 396 g/mol. The third-order valence-corrected chi connectivity index (χ3v) is 6.31.